The van der Waals surface area contributed by atoms with Crippen molar-refractivity contribution in [1.29, 1.82) is 0 Å². The number of hydrogen-bond acceptors (Lipinski definition) is 4. The summed E-state index contributed by atoms with van der Waals surface area (Å²) in [6.07, 6.45) is 0. The average Bonchev–Trinajstić information content (AvgIpc) is 2.32. The van der Waals surface area contributed by atoms with Crippen molar-refractivity contribution in [2.45, 2.75) is 20.8 Å². The Bertz CT molecular complexity index is 594. The molecule has 0 atom stereocenters. The van der Waals surface area contributed by atoms with Crippen LogP contribution >= 0.6 is 0 Å². The first kappa shape index (κ1) is 12.4. The Labute approximate surface area is 107 Å². The van der Waals surface area contributed by atoms with E-state index in [1.807, 2.05) is 32.9 Å². The molecule has 4 nitrogen and oxygen atoms in total. The molecule has 0 fully saturated rings. The lowest BCUT2D eigenvalue weighted by Crippen LogP contribution is -2.00. The van der Waals surface area contributed by atoms with Crippen LogP contribution in [0.3, 0.4) is 0 Å². The van der Waals surface area contributed by atoms with Gasteiger partial charge in [0.2, 0.25) is 0 Å². The second-order valence-corrected chi connectivity index (χ2v) is 4.46. The molecule has 0 radical (unpaired) electrons. The highest BCUT2D eigenvalue weighted by Crippen LogP contribution is 2.33. The van der Waals surface area contributed by atoms with Crippen molar-refractivity contribution in [2.24, 2.45) is 0 Å². The summed E-state index contributed by atoms with van der Waals surface area (Å²) in [4.78, 5) is 0. The fraction of sp³-hybridized carbons (Fsp3) is 0.286. The van der Waals surface area contributed by atoms with Crippen molar-refractivity contribution in [3.8, 4) is 17.0 Å². The van der Waals surface area contributed by atoms with E-state index in [0.29, 0.717) is 5.82 Å². The number of rotatable bonds is 2. The number of aromatic nitrogens is 2. The predicted octanol–water partition coefficient (Wildman–Crippen LogP) is 2.66. The van der Waals surface area contributed by atoms with Crippen molar-refractivity contribution < 1.29 is 4.74 Å². The van der Waals surface area contributed by atoms with Gasteiger partial charge in [-0.2, -0.15) is 0 Å². The highest BCUT2D eigenvalue weighted by Gasteiger charge is 2.12. The van der Waals surface area contributed by atoms with E-state index in [9.17, 15) is 0 Å². The molecule has 2 rings (SSSR count). The second-order valence-electron chi connectivity index (χ2n) is 4.46. The van der Waals surface area contributed by atoms with E-state index in [0.717, 1.165) is 28.1 Å². The molecule has 1 aromatic heterocycles. The number of ether oxygens (including phenoxy) is 1. The number of methoxy groups -OCH3 is 1. The lowest BCUT2D eigenvalue weighted by atomic mass is 10.0. The zero-order chi connectivity index (χ0) is 13.3. The highest BCUT2D eigenvalue weighted by molar-refractivity contribution is 5.71. The summed E-state index contributed by atoms with van der Waals surface area (Å²) in [5.41, 5.74) is 10.6. The maximum atomic E-state index is 5.69. The molecule has 0 aliphatic heterocycles. The summed E-state index contributed by atoms with van der Waals surface area (Å²) in [5, 5.41) is 8.11. The van der Waals surface area contributed by atoms with E-state index in [-0.39, 0.29) is 0 Å². The molecule has 0 unspecified atom stereocenters. The maximum Gasteiger partial charge on any atom is 0.149 e. The standard InChI is InChI=1S/C14H17N3O/c1-8-5-9(2)13(18-4)11(6-8)12-7-10(3)14(15)17-16-12/h5-7H,1-4H3,(H2,15,17). The van der Waals surface area contributed by atoms with Crippen LogP contribution in [0.25, 0.3) is 11.3 Å². The van der Waals surface area contributed by atoms with E-state index < -0.39 is 0 Å². The molecular weight excluding hydrogens is 226 g/mol. The van der Waals surface area contributed by atoms with E-state index >= 15 is 0 Å². The van der Waals surface area contributed by atoms with E-state index in [2.05, 4.69) is 16.3 Å². The Morgan fingerprint density at radius 3 is 2.33 bits per heavy atom. The number of anilines is 1. The summed E-state index contributed by atoms with van der Waals surface area (Å²) >= 11 is 0. The van der Waals surface area contributed by atoms with Crippen molar-refractivity contribution in [2.75, 3.05) is 12.8 Å². The van der Waals surface area contributed by atoms with E-state index in [1.165, 1.54) is 5.56 Å². The van der Waals surface area contributed by atoms with Crippen molar-refractivity contribution in [3.05, 3.63) is 34.9 Å². The number of nitrogen functional groups attached to an aromatic ring is 1. The van der Waals surface area contributed by atoms with E-state index in [1.54, 1.807) is 7.11 Å². The summed E-state index contributed by atoms with van der Waals surface area (Å²) in [7, 11) is 1.67. The zero-order valence-corrected chi connectivity index (χ0v) is 11.1. The van der Waals surface area contributed by atoms with Gasteiger partial charge in [-0.05, 0) is 49.6 Å². The smallest absolute Gasteiger partial charge is 0.149 e. The normalized spacial score (nSPS) is 10.4. The van der Waals surface area contributed by atoms with Gasteiger partial charge in [0.1, 0.15) is 11.6 Å². The Hall–Kier alpha value is -2.10. The van der Waals surface area contributed by atoms with Crippen molar-refractivity contribution >= 4 is 5.82 Å². The second kappa shape index (κ2) is 4.64. The molecule has 0 spiro atoms. The number of nitrogens with zero attached hydrogens (tertiary/aromatic N) is 2. The van der Waals surface area contributed by atoms with Gasteiger partial charge in [-0.15, -0.1) is 10.2 Å². The van der Waals surface area contributed by atoms with E-state index in [4.69, 9.17) is 10.5 Å². The van der Waals surface area contributed by atoms with Gasteiger partial charge in [-0.3, -0.25) is 0 Å². The summed E-state index contributed by atoms with van der Waals surface area (Å²) in [5.74, 6) is 1.29. The average molecular weight is 243 g/mol. The Morgan fingerprint density at radius 1 is 1.00 bits per heavy atom. The fourth-order valence-corrected chi connectivity index (χ4v) is 2.04. The van der Waals surface area contributed by atoms with Crippen LogP contribution in [-0.4, -0.2) is 17.3 Å². The van der Waals surface area contributed by atoms with Crippen LogP contribution in [-0.2, 0) is 0 Å². The van der Waals surface area contributed by atoms with Gasteiger partial charge in [0.25, 0.3) is 0 Å². The minimum absolute atomic E-state index is 0.460. The third-order valence-corrected chi connectivity index (χ3v) is 2.92. The first-order chi connectivity index (χ1) is 8.52. The Morgan fingerprint density at radius 2 is 1.72 bits per heavy atom. The minimum atomic E-state index is 0.460. The monoisotopic (exact) mass is 243 g/mol. The van der Waals surface area contributed by atoms with Gasteiger partial charge in [0.15, 0.2) is 0 Å². The molecule has 1 heterocycles. The van der Waals surface area contributed by atoms with Crippen LogP contribution in [0.4, 0.5) is 5.82 Å². The first-order valence-electron chi connectivity index (χ1n) is 5.78. The predicted molar refractivity (Wildman–Crippen MR) is 72.6 cm³/mol. The van der Waals surface area contributed by atoms with Gasteiger partial charge >= 0.3 is 0 Å². The molecule has 2 aromatic rings. The number of nitrogens with two attached hydrogens (primary N) is 1. The molecular formula is C14H17N3O. The fourth-order valence-electron chi connectivity index (χ4n) is 2.04. The van der Waals surface area contributed by atoms with Gasteiger partial charge < -0.3 is 10.5 Å². The first-order valence-corrected chi connectivity index (χ1v) is 5.78. The molecule has 0 bridgehead atoms. The lowest BCUT2D eigenvalue weighted by molar-refractivity contribution is 0.413. The third-order valence-electron chi connectivity index (χ3n) is 2.92. The quantitative estimate of drug-likeness (QED) is 0.880. The third kappa shape index (κ3) is 2.14. The molecule has 0 saturated heterocycles. The largest absolute Gasteiger partial charge is 0.496 e. The molecule has 18 heavy (non-hydrogen) atoms. The zero-order valence-electron chi connectivity index (χ0n) is 11.1. The molecule has 0 aliphatic rings. The van der Waals surface area contributed by atoms with Crippen LogP contribution in [0.5, 0.6) is 5.75 Å². The molecule has 0 amide bonds. The number of aryl methyl sites for hydroxylation is 3. The molecule has 1 aromatic carbocycles. The Balaban J connectivity index is 2.65. The van der Waals surface area contributed by atoms with Crippen LogP contribution in [0, 0.1) is 20.8 Å². The topological polar surface area (TPSA) is 61.0 Å². The molecule has 4 heteroatoms. The van der Waals surface area contributed by atoms with Crippen molar-refractivity contribution in [3.63, 3.8) is 0 Å². The summed E-state index contributed by atoms with van der Waals surface area (Å²) in [6.45, 7) is 5.99. The lowest BCUT2D eigenvalue weighted by Gasteiger charge is -2.12. The van der Waals surface area contributed by atoms with Crippen LogP contribution < -0.4 is 10.5 Å². The summed E-state index contributed by atoms with van der Waals surface area (Å²) < 4.78 is 5.46. The van der Waals surface area contributed by atoms with Gasteiger partial charge in [0, 0.05) is 5.56 Å². The number of hydrogen-bond donors (Lipinski definition) is 1. The molecule has 0 saturated carbocycles. The minimum Gasteiger partial charge on any atom is -0.496 e. The van der Waals surface area contributed by atoms with Crippen molar-refractivity contribution in [1.82, 2.24) is 10.2 Å². The molecule has 0 aliphatic carbocycles. The number of benzene rings is 1. The summed E-state index contributed by atoms with van der Waals surface area (Å²) in [6, 6.07) is 6.06. The SMILES string of the molecule is COc1c(C)cc(C)cc1-c1cc(C)c(N)nn1. The molecule has 2 N–H and O–H groups in total. The van der Waals surface area contributed by atoms with Gasteiger partial charge in [-0.25, -0.2) is 0 Å². The van der Waals surface area contributed by atoms with Crippen LogP contribution in [0.2, 0.25) is 0 Å². The van der Waals surface area contributed by atoms with Gasteiger partial charge in [0.05, 0.1) is 12.8 Å². The van der Waals surface area contributed by atoms with Gasteiger partial charge in [-0.1, -0.05) is 6.07 Å². The van der Waals surface area contributed by atoms with Crippen LogP contribution in [0.15, 0.2) is 18.2 Å². The highest BCUT2D eigenvalue weighted by atomic mass is 16.5. The Kier molecular flexibility index (Phi) is 3.19. The molecule has 94 valence electrons. The maximum absolute atomic E-state index is 5.69. The van der Waals surface area contributed by atoms with Crippen LogP contribution in [0.1, 0.15) is 16.7 Å².